The molecule has 0 radical (unpaired) electrons. The maximum atomic E-state index is 13.4. The van der Waals surface area contributed by atoms with Crippen LogP contribution in [0.25, 0.3) is 0 Å². The molecule has 11 atom stereocenters. The standard InChI is InChI=1S/C28H46O8/c1-15(12-23(2,3)33)22(32)26(6,34)20-8-10-27(35)17-11-21(31)28(36)14-19(30)18(29)13-25(28,5)16(17)7-9-24(20,27)4/h11,15-16,18-20,22,29-30,32-36H,7-10,12-14H2,1-6H3/t15-,16+,18-,19+,20+,22+,24-,25-,26-,27+,28-/m1/s1. The van der Waals surface area contributed by atoms with Crippen molar-refractivity contribution in [2.75, 3.05) is 0 Å². The topological polar surface area (TPSA) is 159 Å². The predicted molar refractivity (Wildman–Crippen MR) is 133 cm³/mol. The fourth-order valence-electron chi connectivity index (χ4n) is 8.97. The number of aliphatic hydroxyl groups excluding tert-OH is 3. The maximum absolute atomic E-state index is 13.4. The summed E-state index contributed by atoms with van der Waals surface area (Å²) >= 11 is 0. The largest absolute Gasteiger partial charge is 0.390 e. The van der Waals surface area contributed by atoms with Gasteiger partial charge in [-0.15, -0.1) is 0 Å². The first-order valence-electron chi connectivity index (χ1n) is 13.4. The minimum absolute atomic E-state index is 0.0412. The molecule has 36 heavy (non-hydrogen) atoms. The average Bonchev–Trinajstić information content (AvgIpc) is 3.02. The Balaban J connectivity index is 1.71. The molecule has 206 valence electrons. The van der Waals surface area contributed by atoms with Crippen molar-refractivity contribution in [2.45, 2.75) is 127 Å². The van der Waals surface area contributed by atoms with Crippen LogP contribution in [0.2, 0.25) is 0 Å². The highest BCUT2D eigenvalue weighted by Gasteiger charge is 2.72. The van der Waals surface area contributed by atoms with E-state index in [9.17, 15) is 40.5 Å². The number of hydrogen-bond acceptors (Lipinski definition) is 8. The molecule has 0 saturated heterocycles. The lowest BCUT2D eigenvalue weighted by Gasteiger charge is -2.62. The molecule has 4 aliphatic rings. The highest BCUT2D eigenvalue weighted by Crippen LogP contribution is 2.69. The number of aliphatic hydroxyl groups is 7. The summed E-state index contributed by atoms with van der Waals surface area (Å²) in [6.07, 6.45) is -0.194. The summed E-state index contributed by atoms with van der Waals surface area (Å²) in [6, 6.07) is 0. The van der Waals surface area contributed by atoms with Gasteiger partial charge >= 0.3 is 0 Å². The molecule has 4 aliphatic carbocycles. The third-order valence-electron chi connectivity index (χ3n) is 11.0. The molecule has 3 fully saturated rings. The molecule has 4 rings (SSSR count). The fraction of sp³-hybridized carbons (Fsp3) is 0.893. The summed E-state index contributed by atoms with van der Waals surface area (Å²) in [6.45, 7) is 10.4. The Morgan fingerprint density at radius 2 is 1.56 bits per heavy atom. The molecular weight excluding hydrogens is 464 g/mol. The zero-order chi connectivity index (χ0) is 27.3. The summed E-state index contributed by atoms with van der Waals surface area (Å²) < 4.78 is 0. The van der Waals surface area contributed by atoms with Crippen LogP contribution in [-0.2, 0) is 4.79 Å². The first-order valence-corrected chi connectivity index (χ1v) is 13.4. The van der Waals surface area contributed by atoms with Crippen molar-refractivity contribution in [1.82, 2.24) is 0 Å². The molecule has 0 aromatic rings. The summed E-state index contributed by atoms with van der Waals surface area (Å²) in [5.41, 5.74) is -7.16. The van der Waals surface area contributed by atoms with Crippen molar-refractivity contribution in [3.63, 3.8) is 0 Å². The summed E-state index contributed by atoms with van der Waals surface area (Å²) in [5.74, 6) is -1.80. The molecule has 0 aromatic heterocycles. The lowest BCUT2D eigenvalue weighted by molar-refractivity contribution is -0.213. The molecule has 7 N–H and O–H groups in total. The average molecular weight is 511 g/mol. The highest BCUT2D eigenvalue weighted by atomic mass is 16.3. The Morgan fingerprint density at radius 1 is 0.972 bits per heavy atom. The van der Waals surface area contributed by atoms with E-state index in [0.717, 1.165) is 0 Å². The lowest BCUT2D eigenvalue weighted by Crippen LogP contribution is -2.69. The number of rotatable bonds is 5. The van der Waals surface area contributed by atoms with Crippen LogP contribution in [0.3, 0.4) is 0 Å². The van der Waals surface area contributed by atoms with E-state index in [1.165, 1.54) is 6.08 Å². The van der Waals surface area contributed by atoms with E-state index < -0.39 is 69.2 Å². The first kappa shape index (κ1) is 28.1. The Hall–Kier alpha value is -0.870. The molecule has 8 heteroatoms. The Morgan fingerprint density at radius 3 is 2.14 bits per heavy atom. The van der Waals surface area contributed by atoms with Crippen molar-refractivity contribution in [3.05, 3.63) is 11.6 Å². The second kappa shape index (κ2) is 8.31. The molecule has 0 unspecified atom stereocenters. The molecule has 0 bridgehead atoms. The summed E-state index contributed by atoms with van der Waals surface area (Å²) in [4.78, 5) is 13.4. The van der Waals surface area contributed by atoms with Gasteiger partial charge in [0, 0.05) is 17.3 Å². The van der Waals surface area contributed by atoms with Gasteiger partial charge < -0.3 is 35.7 Å². The molecule has 0 amide bonds. The van der Waals surface area contributed by atoms with E-state index in [1.807, 2.05) is 6.92 Å². The highest BCUT2D eigenvalue weighted by molar-refractivity contribution is 6.00. The third kappa shape index (κ3) is 3.70. The molecule has 0 aromatic carbocycles. The molecule has 3 saturated carbocycles. The van der Waals surface area contributed by atoms with Crippen LogP contribution >= 0.6 is 0 Å². The number of hydrogen-bond donors (Lipinski definition) is 7. The van der Waals surface area contributed by atoms with Crippen molar-refractivity contribution in [3.8, 4) is 0 Å². The summed E-state index contributed by atoms with van der Waals surface area (Å²) in [5, 5.41) is 77.7. The Bertz CT molecular complexity index is 938. The van der Waals surface area contributed by atoms with E-state index in [4.69, 9.17) is 0 Å². The van der Waals surface area contributed by atoms with Crippen LogP contribution in [0.1, 0.15) is 86.5 Å². The number of carbonyl (C=O) groups excluding carboxylic acids is 1. The monoisotopic (exact) mass is 510 g/mol. The van der Waals surface area contributed by atoms with Crippen molar-refractivity contribution < 1.29 is 40.5 Å². The second-order valence-electron chi connectivity index (χ2n) is 13.9. The van der Waals surface area contributed by atoms with Crippen molar-refractivity contribution in [2.24, 2.45) is 28.6 Å². The SMILES string of the molecule is C[C@H](CC(C)(C)O)[C@H](O)[C@](C)(O)[C@H]1CC[C@]2(O)C3=CC(=O)[C@]4(O)C[C@H](O)[C@H](O)C[C@]4(C)[C@H]3CC[C@]12C. The maximum Gasteiger partial charge on any atom is 0.187 e. The smallest absolute Gasteiger partial charge is 0.187 e. The quantitative estimate of drug-likeness (QED) is 0.291. The van der Waals surface area contributed by atoms with Crippen molar-refractivity contribution in [1.29, 1.82) is 0 Å². The number of ketones is 1. The lowest BCUT2D eigenvalue weighted by atomic mass is 9.44. The minimum atomic E-state index is -1.82. The van der Waals surface area contributed by atoms with Gasteiger partial charge in [-0.1, -0.05) is 20.8 Å². The van der Waals surface area contributed by atoms with Gasteiger partial charge in [-0.05, 0) is 88.7 Å². The first-order chi connectivity index (χ1) is 16.2. The number of carbonyl (C=O) groups is 1. The zero-order valence-electron chi connectivity index (χ0n) is 22.5. The summed E-state index contributed by atoms with van der Waals surface area (Å²) in [7, 11) is 0. The van der Waals surface area contributed by atoms with Crippen LogP contribution in [-0.4, -0.2) is 82.2 Å². The van der Waals surface area contributed by atoms with Crippen LogP contribution < -0.4 is 0 Å². The minimum Gasteiger partial charge on any atom is -0.390 e. The molecule has 0 aliphatic heterocycles. The van der Waals surface area contributed by atoms with Gasteiger partial charge in [-0.25, -0.2) is 0 Å². The molecular formula is C28H46O8. The normalized spacial score (nSPS) is 48.2. The van der Waals surface area contributed by atoms with E-state index in [2.05, 4.69) is 0 Å². The van der Waals surface area contributed by atoms with Crippen molar-refractivity contribution >= 4 is 5.78 Å². The van der Waals surface area contributed by atoms with Crippen LogP contribution in [0.5, 0.6) is 0 Å². The van der Waals surface area contributed by atoms with E-state index in [0.29, 0.717) is 37.7 Å². The van der Waals surface area contributed by atoms with Crippen LogP contribution in [0.4, 0.5) is 0 Å². The van der Waals surface area contributed by atoms with Gasteiger partial charge in [-0.2, -0.15) is 0 Å². The van der Waals surface area contributed by atoms with Gasteiger partial charge in [0.05, 0.1) is 35.1 Å². The van der Waals surface area contributed by atoms with Gasteiger partial charge in [0.1, 0.15) is 5.60 Å². The fourth-order valence-corrected chi connectivity index (χ4v) is 8.97. The zero-order valence-corrected chi connectivity index (χ0v) is 22.5. The Labute approximate surface area is 214 Å². The van der Waals surface area contributed by atoms with Gasteiger partial charge in [0.25, 0.3) is 0 Å². The van der Waals surface area contributed by atoms with Gasteiger partial charge in [-0.3, -0.25) is 4.79 Å². The second-order valence-corrected chi connectivity index (χ2v) is 13.9. The Kier molecular flexibility index (Phi) is 6.50. The third-order valence-corrected chi connectivity index (χ3v) is 11.0. The van der Waals surface area contributed by atoms with Crippen LogP contribution in [0, 0.1) is 28.6 Å². The van der Waals surface area contributed by atoms with Gasteiger partial charge in [0.2, 0.25) is 0 Å². The van der Waals surface area contributed by atoms with E-state index >= 15 is 0 Å². The van der Waals surface area contributed by atoms with Gasteiger partial charge in [0.15, 0.2) is 5.78 Å². The molecule has 8 nitrogen and oxygen atoms in total. The predicted octanol–water partition coefficient (Wildman–Crippen LogP) is 1.21. The van der Waals surface area contributed by atoms with E-state index in [-0.39, 0.29) is 18.8 Å². The molecule has 0 heterocycles. The molecule has 0 spiro atoms. The van der Waals surface area contributed by atoms with E-state index in [1.54, 1.807) is 34.6 Å². The van der Waals surface area contributed by atoms with Crippen LogP contribution in [0.15, 0.2) is 11.6 Å². The number of fused-ring (bicyclic) bond motifs is 5.